The van der Waals surface area contributed by atoms with Gasteiger partial charge in [0.15, 0.2) is 0 Å². The molecule has 0 aliphatic heterocycles. The van der Waals surface area contributed by atoms with Gasteiger partial charge in [0, 0.05) is 22.6 Å². The number of aliphatic hydroxyl groups excluding tert-OH is 1. The highest BCUT2D eigenvalue weighted by molar-refractivity contribution is 7.17. The summed E-state index contributed by atoms with van der Waals surface area (Å²) in [6, 6.07) is 10.3. The van der Waals surface area contributed by atoms with E-state index in [2.05, 4.69) is 15.0 Å². The second-order valence-electron chi connectivity index (χ2n) is 5.28. The van der Waals surface area contributed by atoms with E-state index in [-0.39, 0.29) is 11.8 Å². The Labute approximate surface area is 158 Å². The fourth-order valence-corrected chi connectivity index (χ4v) is 3.59. The van der Waals surface area contributed by atoms with Crippen LogP contribution < -0.4 is 11.5 Å². The quantitative estimate of drug-likeness (QED) is 0.458. The first-order chi connectivity index (χ1) is 12.5. The van der Waals surface area contributed by atoms with Crippen LogP contribution in [0.1, 0.15) is 22.1 Å². The standard InChI is InChI=1S/C17H14ClN6OS/c18-10-3-1-9(2-4-10)14(25)11-7-13(12-5-6-22-17(21)24-12)26-15(11)16(20)23-8-19/h1-8,14,25H,(H4-,19,20,21,22,23,24)/q-1. The Kier molecular flexibility index (Phi) is 5.27. The van der Waals surface area contributed by atoms with Crippen LogP contribution >= 0.6 is 22.9 Å². The molecular weight excluding hydrogens is 372 g/mol. The summed E-state index contributed by atoms with van der Waals surface area (Å²) >= 11 is 7.18. The molecule has 7 nitrogen and oxygen atoms in total. The third-order valence-electron chi connectivity index (χ3n) is 3.60. The van der Waals surface area contributed by atoms with E-state index in [4.69, 9.17) is 28.5 Å². The van der Waals surface area contributed by atoms with Gasteiger partial charge in [-0.25, -0.2) is 9.97 Å². The fraction of sp³-hybridized carbons (Fsp3) is 0.0588. The molecule has 0 fully saturated rings. The lowest BCUT2D eigenvalue weighted by Crippen LogP contribution is -2.15. The van der Waals surface area contributed by atoms with Gasteiger partial charge in [-0.2, -0.15) is 0 Å². The molecule has 3 aromatic rings. The van der Waals surface area contributed by atoms with Crippen LogP contribution in [0.2, 0.25) is 5.02 Å². The van der Waals surface area contributed by atoms with Crippen molar-refractivity contribution >= 4 is 41.1 Å². The zero-order valence-electron chi connectivity index (χ0n) is 13.4. The van der Waals surface area contributed by atoms with Gasteiger partial charge in [0.2, 0.25) is 5.95 Å². The Balaban J connectivity index is 2.11. The van der Waals surface area contributed by atoms with Crippen LogP contribution in [-0.4, -0.2) is 27.2 Å². The van der Waals surface area contributed by atoms with E-state index in [0.717, 1.165) is 4.88 Å². The SMILES string of the molecule is [N-]=CN=C(N)c1sc(-c2ccnc(N)n2)cc1C(O)c1ccc(Cl)cc1. The maximum Gasteiger partial charge on any atom is 0.220 e. The molecule has 0 saturated heterocycles. The van der Waals surface area contributed by atoms with Crippen molar-refractivity contribution in [2.75, 3.05) is 5.73 Å². The number of nitrogens with two attached hydrogens (primary N) is 2. The average molecular weight is 386 g/mol. The molecule has 0 radical (unpaired) electrons. The van der Waals surface area contributed by atoms with Crippen LogP contribution in [0.15, 0.2) is 47.6 Å². The molecule has 0 aliphatic rings. The van der Waals surface area contributed by atoms with Crippen molar-refractivity contribution in [1.82, 2.24) is 9.97 Å². The minimum atomic E-state index is -0.959. The predicted octanol–water partition coefficient (Wildman–Crippen LogP) is 2.83. The minimum absolute atomic E-state index is 0.0776. The molecule has 2 heterocycles. The Hall–Kier alpha value is -2.81. The molecule has 1 unspecified atom stereocenters. The van der Waals surface area contributed by atoms with Gasteiger partial charge in [-0.1, -0.05) is 23.7 Å². The maximum absolute atomic E-state index is 10.8. The number of nitrogens with zero attached hydrogens (tertiary/aromatic N) is 4. The van der Waals surface area contributed by atoms with Crippen LogP contribution in [0.25, 0.3) is 16.0 Å². The van der Waals surface area contributed by atoms with E-state index in [1.807, 2.05) is 0 Å². The lowest BCUT2D eigenvalue weighted by Gasteiger charge is -2.13. The van der Waals surface area contributed by atoms with E-state index < -0.39 is 6.10 Å². The van der Waals surface area contributed by atoms with Gasteiger partial charge in [-0.3, -0.25) is 0 Å². The molecule has 0 bridgehead atoms. The largest absolute Gasteiger partial charge is 0.472 e. The Morgan fingerprint density at radius 1 is 1.31 bits per heavy atom. The average Bonchev–Trinajstić information content (AvgIpc) is 3.07. The molecule has 1 atom stereocenters. The number of benzene rings is 1. The number of halogens is 1. The number of aliphatic imine (C=N–C) groups is 1. The van der Waals surface area contributed by atoms with E-state index >= 15 is 0 Å². The monoisotopic (exact) mass is 385 g/mol. The van der Waals surface area contributed by atoms with Crippen molar-refractivity contribution in [2.24, 2.45) is 10.7 Å². The van der Waals surface area contributed by atoms with Gasteiger partial charge in [0.05, 0.1) is 15.4 Å². The van der Waals surface area contributed by atoms with Crippen molar-refractivity contribution < 1.29 is 5.11 Å². The molecule has 0 spiro atoms. The van der Waals surface area contributed by atoms with Crippen LogP contribution in [-0.2, 0) is 0 Å². The number of anilines is 1. The summed E-state index contributed by atoms with van der Waals surface area (Å²) in [5.74, 6) is 0.219. The van der Waals surface area contributed by atoms with Gasteiger partial charge in [-0.05, 0) is 29.8 Å². The molecule has 2 aromatic heterocycles. The van der Waals surface area contributed by atoms with Crippen molar-refractivity contribution in [3.05, 3.63) is 69.0 Å². The first-order valence-corrected chi connectivity index (χ1v) is 8.64. The third kappa shape index (κ3) is 3.72. The highest BCUT2D eigenvalue weighted by atomic mass is 35.5. The maximum atomic E-state index is 10.8. The topological polar surface area (TPSA) is 133 Å². The van der Waals surface area contributed by atoms with Crippen molar-refractivity contribution in [2.45, 2.75) is 6.10 Å². The number of hydrogen-bond acceptors (Lipinski definition) is 5. The van der Waals surface area contributed by atoms with Gasteiger partial charge >= 0.3 is 0 Å². The molecule has 0 amide bonds. The summed E-state index contributed by atoms with van der Waals surface area (Å²) in [5.41, 5.74) is 13.4. The summed E-state index contributed by atoms with van der Waals surface area (Å²) in [6.07, 6.45) is 1.19. The van der Waals surface area contributed by atoms with Crippen LogP contribution in [0.3, 0.4) is 0 Å². The molecule has 9 heteroatoms. The van der Waals surface area contributed by atoms with Crippen molar-refractivity contribution in [1.29, 1.82) is 0 Å². The second-order valence-corrected chi connectivity index (χ2v) is 6.77. The number of amidine groups is 1. The highest BCUT2D eigenvalue weighted by Crippen LogP contribution is 2.36. The lowest BCUT2D eigenvalue weighted by molar-refractivity contribution is 0.220. The van der Waals surface area contributed by atoms with Crippen LogP contribution in [0.5, 0.6) is 0 Å². The normalized spacial score (nSPS) is 12.8. The Morgan fingerprint density at radius 2 is 2.04 bits per heavy atom. The number of thiophene rings is 1. The van der Waals surface area contributed by atoms with Gasteiger partial charge in [-0.15, -0.1) is 17.7 Å². The smallest absolute Gasteiger partial charge is 0.220 e. The Bertz CT molecular complexity index is 970. The third-order valence-corrected chi connectivity index (χ3v) is 5.05. The number of nitrogen functional groups attached to an aromatic ring is 1. The molecule has 1 aromatic carbocycles. The summed E-state index contributed by atoms with van der Waals surface area (Å²) in [6.45, 7) is 0. The van der Waals surface area contributed by atoms with Gasteiger partial charge in [0.25, 0.3) is 0 Å². The molecule has 0 saturated carbocycles. The number of rotatable bonds is 5. The number of aliphatic hydroxyl groups is 1. The highest BCUT2D eigenvalue weighted by Gasteiger charge is 2.20. The molecule has 5 N–H and O–H groups in total. The summed E-state index contributed by atoms with van der Waals surface area (Å²) in [4.78, 5) is 13.0. The van der Waals surface area contributed by atoms with Crippen molar-refractivity contribution in [3.8, 4) is 10.6 Å². The summed E-state index contributed by atoms with van der Waals surface area (Å²) in [5, 5.41) is 20.3. The Morgan fingerprint density at radius 3 is 2.69 bits per heavy atom. The molecule has 132 valence electrons. The van der Waals surface area contributed by atoms with Gasteiger partial charge < -0.3 is 27.0 Å². The molecule has 0 aliphatic carbocycles. The van der Waals surface area contributed by atoms with E-state index in [9.17, 15) is 5.11 Å². The van der Waals surface area contributed by atoms with Crippen LogP contribution in [0, 0.1) is 0 Å². The first-order valence-electron chi connectivity index (χ1n) is 7.45. The summed E-state index contributed by atoms with van der Waals surface area (Å²) < 4.78 is 0. The molecule has 3 rings (SSSR count). The zero-order valence-corrected chi connectivity index (χ0v) is 14.9. The second kappa shape index (κ2) is 7.61. The lowest BCUT2D eigenvalue weighted by atomic mass is 10.0. The van der Waals surface area contributed by atoms with E-state index in [1.165, 1.54) is 11.3 Å². The van der Waals surface area contributed by atoms with Crippen molar-refractivity contribution in [3.63, 3.8) is 0 Å². The molecular formula is C17H14ClN6OS-. The first kappa shape index (κ1) is 18.0. The molecule has 26 heavy (non-hydrogen) atoms. The minimum Gasteiger partial charge on any atom is -0.472 e. The van der Waals surface area contributed by atoms with E-state index in [1.54, 1.807) is 42.6 Å². The fourth-order valence-electron chi connectivity index (χ4n) is 2.39. The predicted molar refractivity (Wildman–Crippen MR) is 105 cm³/mol. The van der Waals surface area contributed by atoms with Crippen LogP contribution in [0.4, 0.5) is 5.95 Å². The number of hydrogen-bond donors (Lipinski definition) is 3. The zero-order chi connectivity index (χ0) is 18.7. The van der Waals surface area contributed by atoms with Gasteiger partial charge in [0.1, 0.15) is 6.10 Å². The van der Waals surface area contributed by atoms with E-state index in [0.29, 0.717) is 33.1 Å². The summed E-state index contributed by atoms with van der Waals surface area (Å²) in [7, 11) is 0. The number of aromatic nitrogens is 2.